The Morgan fingerprint density at radius 3 is 2.62 bits per heavy atom. The Balaban J connectivity index is 0.00000300. The Kier molecular flexibility index (Phi) is 9.66. The fourth-order valence-corrected chi connectivity index (χ4v) is 3.36. The zero-order valence-electron chi connectivity index (χ0n) is 17.6. The number of anilines is 1. The summed E-state index contributed by atoms with van der Waals surface area (Å²) < 4.78 is 5.48. The van der Waals surface area contributed by atoms with Crippen molar-refractivity contribution in [2.24, 2.45) is 4.99 Å². The van der Waals surface area contributed by atoms with Crippen molar-refractivity contribution in [3.63, 3.8) is 0 Å². The van der Waals surface area contributed by atoms with Gasteiger partial charge in [-0.25, -0.2) is 9.98 Å². The van der Waals surface area contributed by atoms with Gasteiger partial charge in [0.25, 0.3) is 0 Å². The summed E-state index contributed by atoms with van der Waals surface area (Å²) in [6, 6.07) is 12.6. The molecule has 158 valence electrons. The second-order valence-electron chi connectivity index (χ2n) is 7.04. The van der Waals surface area contributed by atoms with Gasteiger partial charge in [0.2, 0.25) is 0 Å². The molecule has 2 heterocycles. The third-order valence-electron chi connectivity index (χ3n) is 4.94. The first kappa shape index (κ1) is 23.4. The predicted octanol–water partition coefficient (Wildman–Crippen LogP) is 3.44. The van der Waals surface area contributed by atoms with E-state index >= 15 is 0 Å². The molecule has 1 aromatic heterocycles. The van der Waals surface area contributed by atoms with E-state index in [1.54, 1.807) is 0 Å². The number of halogens is 1. The molecule has 1 N–H and O–H groups in total. The van der Waals surface area contributed by atoms with Crippen LogP contribution in [0.25, 0.3) is 0 Å². The topological polar surface area (TPSA) is 53.0 Å². The third kappa shape index (κ3) is 6.57. The summed E-state index contributed by atoms with van der Waals surface area (Å²) in [4.78, 5) is 14.0. The van der Waals surface area contributed by atoms with Gasteiger partial charge >= 0.3 is 0 Å². The van der Waals surface area contributed by atoms with Gasteiger partial charge in [0, 0.05) is 45.0 Å². The molecule has 1 saturated heterocycles. The zero-order chi connectivity index (χ0) is 19.8. The fourth-order valence-electron chi connectivity index (χ4n) is 3.36. The van der Waals surface area contributed by atoms with Crippen molar-refractivity contribution in [2.75, 3.05) is 44.8 Å². The van der Waals surface area contributed by atoms with Gasteiger partial charge < -0.3 is 19.9 Å². The van der Waals surface area contributed by atoms with Crippen LogP contribution in [0.4, 0.5) is 5.82 Å². The molecule has 2 aromatic rings. The molecule has 1 aliphatic heterocycles. The number of aryl methyl sites for hydroxylation is 1. The highest BCUT2D eigenvalue weighted by molar-refractivity contribution is 14.0. The van der Waals surface area contributed by atoms with E-state index < -0.39 is 0 Å². The lowest BCUT2D eigenvalue weighted by Gasteiger charge is -2.29. The summed E-state index contributed by atoms with van der Waals surface area (Å²) in [6.07, 6.45) is 1.85. The largest absolute Gasteiger partial charge is 0.378 e. The van der Waals surface area contributed by atoms with Gasteiger partial charge in [-0.3, -0.25) is 0 Å². The maximum absolute atomic E-state index is 5.48. The maximum atomic E-state index is 5.48. The van der Waals surface area contributed by atoms with Gasteiger partial charge in [0.05, 0.1) is 19.8 Å². The van der Waals surface area contributed by atoms with E-state index in [0.717, 1.165) is 56.7 Å². The first-order valence-corrected chi connectivity index (χ1v) is 9.99. The van der Waals surface area contributed by atoms with Crippen molar-refractivity contribution in [2.45, 2.75) is 26.9 Å². The minimum absolute atomic E-state index is 0. The summed E-state index contributed by atoms with van der Waals surface area (Å²) in [5.41, 5.74) is 3.75. The Bertz CT molecular complexity index is 792. The Morgan fingerprint density at radius 1 is 1.17 bits per heavy atom. The van der Waals surface area contributed by atoms with Crippen LogP contribution >= 0.6 is 24.0 Å². The number of nitrogens with zero attached hydrogens (tertiary/aromatic N) is 4. The number of ether oxygens (including phenoxy) is 1. The van der Waals surface area contributed by atoms with Crippen LogP contribution in [0.1, 0.15) is 23.6 Å². The lowest BCUT2D eigenvalue weighted by molar-refractivity contribution is 0.122. The van der Waals surface area contributed by atoms with Crippen molar-refractivity contribution >= 4 is 35.8 Å². The molecule has 29 heavy (non-hydrogen) atoms. The van der Waals surface area contributed by atoms with E-state index in [2.05, 4.69) is 71.3 Å². The predicted molar refractivity (Wildman–Crippen MR) is 130 cm³/mol. The molecule has 0 aliphatic carbocycles. The van der Waals surface area contributed by atoms with Gasteiger partial charge in [0.15, 0.2) is 5.96 Å². The molecule has 0 bridgehead atoms. The van der Waals surface area contributed by atoms with Gasteiger partial charge in [-0.2, -0.15) is 0 Å². The second-order valence-corrected chi connectivity index (χ2v) is 7.04. The average Bonchev–Trinajstić information content (AvgIpc) is 2.73. The highest BCUT2D eigenvalue weighted by Crippen LogP contribution is 2.19. The number of pyridine rings is 1. The van der Waals surface area contributed by atoms with Gasteiger partial charge in [-0.1, -0.05) is 30.3 Å². The Morgan fingerprint density at radius 2 is 1.90 bits per heavy atom. The molecule has 0 amide bonds. The van der Waals surface area contributed by atoms with Crippen molar-refractivity contribution in [1.29, 1.82) is 0 Å². The summed E-state index contributed by atoms with van der Waals surface area (Å²) in [5.74, 6) is 1.93. The van der Waals surface area contributed by atoms with Gasteiger partial charge in [0.1, 0.15) is 5.82 Å². The Labute approximate surface area is 191 Å². The quantitative estimate of drug-likeness (QED) is 0.368. The maximum Gasteiger partial charge on any atom is 0.194 e. The first-order valence-electron chi connectivity index (χ1n) is 9.99. The molecule has 1 fully saturated rings. The third-order valence-corrected chi connectivity index (χ3v) is 4.94. The van der Waals surface area contributed by atoms with E-state index in [9.17, 15) is 0 Å². The summed E-state index contributed by atoms with van der Waals surface area (Å²) >= 11 is 0. The molecule has 0 saturated carbocycles. The molecule has 1 aromatic carbocycles. The molecule has 7 heteroatoms. The molecule has 0 spiro atoms. The van der Waals surface area contributed by atoms with E-state index in [1.165, 1.54) is 11.1 Å². The highest BCUT2D eigenvalue weighted by Gasteiger charge is 2.16. The number of nitrogens with one attached hydrogen (secondary N) is 1. The van der Waals surface area contributed by atoms with Crippen LogP contribution in [0.5, 0.6) is 0 Å². The van der Waals surface area contributed by atoms with Gasteiger partial charge in [-0.05, 0) is 31.0 Å². The SMILES string of the molecule is CCNC(=NCc1cccnc1N1CCOCC1)N(C)Cc1ccccc1C.I. The second kappa shape index (κ2) is 12.0. The normalized spacial score (nSPS) is 14.3. The standard InChI is InChI=1S/C22H31N5O.HI/c1-4-23-22(26(3)17-20-9-6-5-8-18(20)2)25-16-19-10-7-11-24-21(19)27-12-14-28-15-13-27;/h5-11H,4,12-17H2,1-3H3,(H,23,25);1H. The lowest BCUT2D eigenvalue weighted by atomic mass is 10.1. The number of rotatable bonds is 6. The number of morpholine rings is 1. The molecular formula is C22H32IN5O. The summed E-state index contributed by atoms with van der Waals surface area (Å²) in [7, 11) is 2.08. The Hall–Kier alpha value is -1.87. The van der Waals surface area contributed by atoms with E-state index in [1.807, 2.05) is 12.3 Å². The van der Waals surface area contributed by atoms with E-state index in [-0.39, 0.29) is 24.0 Å². The van der Waals surface area contributed by atoms with E-state index in [0.29, 0.717) is 6.54 Å². The number of guanidine groups is 1. The van der Waals surface area contributed by atoms with Crippen LogP contribution in [-0.4, -0.2) is 55.7 Å². The van der Waals surface area contributed by atoms with Crippen LogP contribution in [0.3, 0.4) is 0 Å². The zero-order valence-corrected chi connectivity index (χ0v) is 19.9. The number of hydrogen-bond acceptors (Lipinski definition) is 4. The summed E-state index contributed by atoms with van der Waals surface area (Å²) in [6.45, 7) is 9.76. The molecule has 1 aliphatic rings. The molecule has 0 radical (unpaired) electrons. The number of benzene rings is 1. The van der Waals surface area contributed by atoms with E-state index in [4.69, 9.17) is 9.73 Å². The fraction of sp³-hybridized carbons (Fsp3) is 0.455. The minimum atomic E-state index is 0. The van der Waals surface area contributed by atoms with Crippen LogP contribution in [0.15, 0.2) is 47.6 Å². The molecule has 3 rings (SSSR count). The van der Waals surface area contributed by atoms with Gasteiger partial charge in [-0.15, -0.1) is 24.0 Å². The van der Waals surface area contributed by atoms with Crippen LogP contribution < -0.4 is 10.2 Å². The van der Waals surface area contributed by atoms with Crippen LogP contribution in [0, 0.1) is 6.92 Å². The number of hydrogen-bond donors (Lipinski definition) is 1. The molecule has 6 nitrogen and oxygen atoms in total. The number of aliphatic imine (C=N–C) groups is 1. The van der Waals surface area contributed by atoms with Crippen molar-refractivity contribution in [3.05, 3.63) is 59.3 Å². The average molecular weight is 509 g/mol. The van der Waals surface area contributed by atoms with Crippen molar-refractivity contribution in [1.82, 2.24) is 15.2 Å². The smallest absolute Gasteiger partial charge is 0.194 e. The molecule has 0 atom stereocenters. The lowest BCUT2D eigenvalue weighted by Crippen LogP contribution is -2.39. The summed E-state index contributed by atoms with van der Waals surface area (Å²) in [5, 5.41) is 3.41. The number of aromatic nitrogens is 1. The monoisotopic (exact) mass is 509 g/mol. The highest BCUT2D eigenvalue weighted by atomic mass is 127. The first-order chi connectivity index (χ1) is 13.7. The minimum Gasteiger partial charge on any atom is -0.378 e. The van der Waals surface area contributed by atoms with Crippen LogP contribution in [0.2, 0.25) is 0 Å². The van der Waals surface area contributed by atoms with Crippen molar-refractivity contribution in [3.8, 4) is 0 Å². The molecular weight excluding hydrogens is 477 g/mol. The molecule has 0 unspecified atom stereocenters. The van der Waals surface area contributed by atoms with Crippen LogP contribution in [-0.2, 0) is 17.8 Å². The van der Waals surface area contributed by atoms with Crippen molar-refractivity contribution < 1.29 is 4.74 Å².